The second kappa shape index (κ2) is 9.87. The van der Waals surface area contributed by atoms with Crippen molar-refractivity contribution < 1.29 is 42.9 Å². The molecule has 9 heteroatoms. The summed E-state index contributed by atoms with van der Waals surface area (Å²) in [5.74, 6) is -0.755. The highest BCUT2D eigenvalue weighted by Gasteiger charge is 2.71. The third kappa shape index (κ3) is 4.48. The van der Waals surface area contributed by atoms with E-state index >= 15 is 0 Å². The van der Waals surface area contributed by atoms with Crippen molar-refractivity contribution in [2.24, 2.45) is 28.6 Å². The van der Waals surface area contributed by atoms with Crippen LogP contribution < -0.4 is 0 Å². The molecule has 0 amide bonds. The fourth-order valence-electron chi connectivity index (χ4n) is 7.81. The van der Waals surface area contributed by atoms with Crippen molar-refractivity contribution in [2.75, 3.05) is 13.2 Å². The lowest BCUT2D eigenvalue weighted by Gasteiger charge is -2.57. The third-order valence-corrected chi connectivity index (χ3v) is 9.40. The molecule has 4 rings (SSSR count). The Labute approximate surface area is 217 Å². The normalized spacial score (nSPS) is 36.6. The highest BCUT2D eigenvalue weighted by Crippen LogP contribution is 2.67. The summed E-state index contributed by atoms with van der Waals surface area (Å²) in [4.78, 5) is 64.3. The van der Waals surface area contributed by atoms with Crippen LogP contribution in [0, 0.1) is 28.6 Å². The Bertz CT molecular complexity index is 1030. The first kappa shape index (κ1) is 27.3. The summed E-state index contributed by atoms with van der Waals surface area (Å²) in [5.41, 5.74) is -1.97. The topological polar surface area (TPSA) is 122 Å². The molecule has 204 valence electrons. The van der Waals surface area contributed by atoms with E-state index < -0.39 is 41.8 Å². The van der Waals surface area contributed by atoms with Gasteiger partial charge in [0.25, 0.3) is 0 Å². The minimum absolute atomic E-state index is 0.00565. The number of rotatable bonds is 6. The maximum absolute atomic E-state index is 13.9. The van der Waals surface area contributed by atoms with Crippen LogP contribution in [0.1, 0.15) is 79.6 Å². The van der Waals surface area contributed by atoms with Gasteiger partial charge in [0.2, 0.25) is 5.78 Å². The minimum atomic E-state index is -1.66. The smallest absolute Gasteiger partial charge is 0.435 e. The molecule has 0 aromatic carbocycles. The van der Waals surface area contributed by atoms with Gasteiger partial charge in [-0.2, -0.15) is 0 Å². The number of carbonyl (C=O) groups excluding carboxylic acids is 5. The number of allylic oxidation sites excluding steroid dienone is 1. The van der Waals surface area contributed by atoms with Crippen LogP contribution in [-0.2, 0) is 33.3 Å². The number of Topliss-reactive ketones (excluding diaryl/α,β-unsaturated/α-hetero) is 2. The SMILES string of the molecule is CCOC(=O)O[C@]1(C(=O)COC(=O)OC(C)C)CC[C@H]2[C@@H]3CCC4=CC(=O)CC[C@]4(C)[C@H]3C(=O)C[C@@]21C. The van der Waals surface area contributed by atoms with Crippen LogP contribution in [-0.4, -0.2) is 54.6 Å². The summed E-state index contributed by atoms with van der Waals surface area (Å²) in [7, 11) is 0. The molecule has 0 saturated heterocycles. The average Bonchev–Trinajstić information content (AvgIpc) is 3.09. The molecule has 0 unspecified atom stereocenters. The summed E-state index contributed by atoms with van der Waals surface area (Å²) >= 11 is 0. The minimum Gasteiger partial charge on any atom is -0.435 e. The molecule has 3 fully saturated rings. The summed E-state index contributed by atoms with van der Waals surface area (Å²) in [5, 5.41) is 0. The van der Waals surface area contributed by atoms with Crippen LogP contribution in [0.5, 0.6) is 0 Å². The molecule has 4 aliphatic carbocycles. The Morgan fingerprint density at radius 3 is 2.43 bits per heavy atom. The molecular weight excluding hydrogens is 480 g/mol. The maximum Gasteiger partial charge on any atom is 0.509 e. The largest absolute Gasteiger partial charge is 0.509 e. The zero-order valence-electron chi connectivity index (χ0n) is 22.4. The van der Waals surface area contributed by atoms with Crippen molar-refractivity contribution in [1.29, 1.82) is 0 Å². The van der Waals surface area contributed by atoms with Gasteiger partial charge >= 0.3 is 12.3 Å². The Hall–Kier alpha value is -2.71. The van der Waals surface area contributed by atoms with Gasteiger partial charge in [0.05, 0.1) is 12.7 Å². The molecule has 37 heavy (non-hydrogen) atoms. The van der Waals surface area contributed by atoms with Gasteiger partial charge in [-0.15, -0.1) is 0 Å². The molecule has 0 aromatic rings. The number of ether oxygens (including phenoxy) is 4. The van der Waals surface area contributed by atoms with Crippen molar-refractivity contribution >= 4 is 29.7 Å². The first-order chi connectivity index (χ1) is 17.4. The van der Waals surface area contributed by atoms with Gasteiger partial charge in [0, 0.05) is 24.2 Å². The molecule has 9 nitrogen and oxygen atoms in total. The molecule has 0 spiro atoms. The predicted molar refractivity (Wildman–Crippen MR) is 131 cm³/mol. The molecule has 0 radical (unpaired) electrons. The third-order valence-electron chi connectivity index (χ3n) is 9.40. The molecule has 0 aromatic heterocycles. The summed E-state index contributed by atoms with van der Waals surface area (Å²) in [6, 6.07) is 0. The number of ketones is 3. The molecule has 3 saturated carbocycles. The van der Waals surface area contributed by atoms with Gasteiger partial charge in [0.15, 0.2) is 18.0 Å². The lowest BCUT2D eigenvalue weighted by atomic mass is 9.46. The Morgan fingerprint density at radius 1 is 1.03 bits per heavy atom. The van der Waals surface area contributed by atoms with Gasteiger partial charge in [-0.3, -0.25) is 14.4 Å². The van der Waals surface area contributed by atoms with Gasteiger partial charge in [-0.05, 0) is 76.2 Å². The molecule has 0 bridgehead atoms. The van der Waals surface area contributed by atoms with E-state index in [4.69, 9.17) is 18.9 Å². The fraction of sp³-hybridized carbons (Fsp3) is 0.750. The maximum atomic E-state index is 13.9. The summed E-state index contributed by atoms with van der Waals surface area (Å²) < 4.78 is 20.9. The van der Waals surface area contributed by atoms with Crippen molar-refractivity contribution in [1.82, 2.24) is 0 Å². The standard InChI is InChI=1S/C28H38O9/c1-6-34-25(33)37-28(22(31)15-35-24(32)36-16(2)3)12-10-20-19-8-7-17-13-18(29)9-11-26(17,4)23(19)21(30)14-27(20,28)5/h13,16,19-20,23H,6-12,14-15H2,1-5H3/t19-,20-,23+,26-,27-,28-/m0/s1. The van der Waals surface area contributed by atoms with E-state index in [1.165, 1.54) is 0 Å². The lowest BCUT2D eigenvalue weighted by molar-refractivity contribution is -0.175. The number of hydrogen-bond donors (Lipinski definition) is 0. The molecule has 0 N–H and O–H groups in total. The average molecular weight is 519 g/mol. The van der Waals surface area contributed by atoms with Gasteiger partial charge in [0.1, 0.15) is 5.78 Å². The van der Waals surface area contributed by atoms with E-state index in [1.54, 1.807) is 26.8 Å². The van der Waals surface area contributed by atoms with Crippen LogP contribution in [0.25, 0.3) is 0 Å². The van der Waals surface area contributed by atoms with Crippen LogP contribution in [0.2, 0.25) is 0 Å². The van der Waals surface area contributed by atoms with E-state index in [-0.39, 0.29) is 54.2 Å². The molecule has 6 atom stereocenters. The Balaban J connectivity index is 1.67. The van der Waals surface area contributed by atoms with Gasteiger partial charge in [-0.25, -0.2) is 9.59 Å². The van der Waals surface area contributed by atoms with Crippen molar-refractivity contribution in [3.63, 3.8) is 0 Å². The summed E-state index contributed by atoms with van der Waals surface area (Å²) in [6.45, 7) is 8.33. The second-order valence-corrected chi connectivity index (χ2v) is 11.7. The quantitative estimate of drug-likeness (QED) is 0.459. The lowest BCUT2D eigenvalue weighted by Crippen LogP contribution is -2.62. The van der Waals surface area contributed by atoms with Crippen molar-refractivity contribution in [2.45, 2.75) is 91.3 Å². The van der Waals surface area contributed by atoms with E-state index in [9.17, 15) is 24.0 Å². The van der Waals surface area contributed by atoms with Crippen molar-refractivity contribution in [3.8, 4) is 0 Å². The first-order valence-corrected chi connectivity index (χ1v) is 13.4. The van der Waals surface area contributed by atoms with Gasteiger partial charge < -0.3 is 18.9 Å². The number of hydrogen-bond acceptors (Lipinski definition) is 9. The van der Waals surface area contributed by atoms with E-state index in [0.29, 0.717) is 19.3 Å². The highest BCUT2D eigenvalue weighted by atomic mass is 16.7. The summed E-state index contributed by atoms with van der Waals surface area (Å²) in [6.07, 6.45) is 2.72. The number of fused-ring (bicyclic) bond motifs is 5. The van der Waals surface area contributed by atoms with Crippen LogP contribution >= 0.6 is 0 Å². The highest BCUT2D eigenvalue weighted by molar-refractivity contribution is 5.95. The van der Waals surface area contributed by atoms with Gasteiger partial charge in [-0.1, -0.05) is 19.4 Å². The zero-order chi connectivity index (χ0) is 27.2. The monoisotopic (exact) mass is 518 g/mol. The fourth-order valence-corrected chi connectivity index (χ4v) is 7.81. The number of carbonyl (C=O) groups is 5. The zero-order valence-corrected chi connectivity index (χ0v) is 22.4. The Kier molecular flexibility index (Phi) is 7.29. The van der Waals surface area contributed by atoms with Crippen LogP contribution in [0.4, 0.5) is 9.59 Å². The second-order valence-electron chi connectivity index (χ2n) is 11.7. The van der Waals surface area contributed by atoms with Crippen LogP contribution in [0.15, 0.2) is 11.6 Å². The Morgan fingerprint density at radius 2 is 1.76 bits per heavy atom. The predicted octanol–water partition coefficient (Wildman–Crippen LogP) is 4.74. The molecule has 0 aliphatic heterocycles. The van der Waals surface area contributed by atoms with Crippen molar-refractivity contribution in [3.05, 3.63) is 11.6 Å². The van der Waals surface area contributed by atoms with E-state index in [1.807, 2.05) is 6.92 Å². The van der Waals surface area contributed by atoms with Crippen LogP contribution in [0.3, 0.4) is 0 Å². The molecule has 4 aliphatic rings. The molecular formula is C28H38O9. The first-order valence-electron chi connectivity index (χ1n) is 13.4. The van der Waals surface area contributed by atoms with E-state index in [2.05, 4.69) is 6.92 Å². The van der Waals surface area contributed by atoms with E-state index in [0.717, 1.165) is 18.4 Å². The molecule has 0 heterocycles.